The third-order valence-corrected chi connectivity index (χ3v) is 2.07. The van der Waals surface area contributed by atoms with Gasteiger partial charge in [0.05, 0.1) is 6.10 Å². The monoisotopic (exact) mass is 113 g/mol. The molecule has 2 unspecified atom stereocenters. The van der Waals surface area contributed by atoms with Crippen LogP contribution in [0.4, 0.5) is 0 Å². The fourth-order valence-electron chi connectivity index (χ4n) is 1.58. The lowest BCUT2D eigenvalue weighted by atomic mass is 10.1. The molecular weight excluding hydrogens is 102 g/mol. The van der Waals surface area contributed by atoms with Crippen LogP contribution in [0.5, 0.6) is 0 Å². The minimum absolute atomic E-state index is 0.472. The Labute approximate surface area is 49.4 Å². The first-order chi connectivity index (χ1) is 3.86. The zero-order chi connectivity index (χ0) is 5.56. The largest absolute Gasteiger partial charge is 0.359 e. The van der Waals surface area contributed by atoms with Crippen molar-refractivity contribution in [3.63, 3.8) is 0 Å². The van der Waals surface area contributed by atoms with Crippen LogP contribution in [-0.4, -0.2) is 30.8 Å². The molecule has 2 rings (SSSR count). The molecule has 2 heteroatoms. The Morgan fingerprint density at radius 3 is 2.62 bits per heavy atom. The van der Waals surface area contributed by atoms with Crippen LogP contribution in [0.2, 0.25) is 0 Å². The van der Waals surface area contributed by atoms with E-state index >= 15 is 0 Å². The third kappa shape index (κ3) is 0.501. The number of hydrogen-bond acceptors (Lipinski definition) is 2. The van der Waals surface area contributed by atoms with Gasteiger partial charge in [-0.2, -0.15) is 0 Å². The number of likely N-dealkylation sites (tertiary alicyclic amines) is 1. The van der Waals surface area contributed by atoms with Crippen molar-refractivity contribution in [2.75, 3.05) is 13.6 Å². The standard InChI is InChI=1S/C6H11NO/c1-7-4-5-2-3-6(7)8-5/h5-6H,2-4H2,1H3. The average Bonchev–Trinajstić information content (AvgIpc) is 2.23. The van der Waals surface area contributed by atoms with Crippen LogP contribution in [0, 0.1) is 0 Å². The third-order valence-electron chi connectivity index (χ3n) is 2.07. The molecule has 0 aromatic carbocycles. The van der Waals surface area contributed by atoms with Gasteiger partial charge in [0.2, 0.25) is 0 Å². The second-order valence-corrected chi connectivity index (χ2v) is 2.73. The molecule has 8 heavy (non-hydrogen) atoms. The predicted octanol–water partition coefficient (Wildman–Crippen LogP) is 0.437. The highest BCUT2D eigenvalue weighted by Gasteiger charge is 2.36. The highest BCUT2D eigenvalue weighted by Crippen LogP contribution is 2.28. The molecule has 0 aromatic rings. The van der Waals surface area contributed by atoms with Gasteiger partial charge in [-0.1, -0.05) is 0 Å². The lowest BCUT2D eigenvalue weighted by Gasteiger charge is -2.16. The van der Waals surface area contributed by atoms with Crippen LogP contribution in [0.3, 0.4) is 0 Å². The van der Waals surface area contributed by atoms with Gasteiger partial charge < -0.3 is 4.74 Å². The molecule has 0 saturated carbocycles. The Morgan fingerprint density at radius 2 is 2.38 bits per heavy atom. The second kappa shape index (κ2) is 1.45. The number of fused-ring (bicyclic) bond motifs is 2. The lowest BCUT2D eigenvalue weighted by molar-refractivity contribution is 0.0589. The fraction of sp³-hybridized carbons (Fsp3) is 1.00. The van der Waals surface area contributed by atoms with E-state index in [0.717, 1.165) is 6.54 Å². The summed E-state index contributed by atoms with van der Waals surface area (Å²) in [6.07, 6.45) is 3.58. The molecule has 2 nitrogen and oxygen atoms in total. The van der Waals surface area contributed by atoms with Crippen LogP contribution in [0.25, 0.3) is 0 Å². The van der Waals surface area contributed by atoms with Gasteiger partial charge in [0, 0.05) is 6.54 Å². The fourth-order valence-corrected chi connectivity index (χ4v) is 1.58. The number of hydrogen-bond donors (Lipinski definition) is 0. The first-order valence-electron chi connectivity index (χ1n) is 3.22. The molecule has 0 amide bonds. The van der Waals surface area contributed by atoms with Crippen molar-refractivity contribution < 1.29 is 4.74 Å². The van der Waals surface area contributed by atoms with Gasteiger partial charge in [-0.3, -0.25) is 4.90 Å². The van der Waals surface area contributed by atoms with Gasteiger partial charge >= 0.3 is 0 Å². The SMILES string of the molecule is CN1CC2CCC1O2. The molecule has 2 fully saturated rings. The molecule has 0 N–H and O–H groups in total. The molecule has 2 bridgehead atoms. The molecule has 0 aromatic heterocycles. The maximum absolute atomic E-state index is 5.51. The smallest absolute Gasteiger partial charge is 0.110 e. The van der Waals surface area contributed by atoms with E-state index in [1.165, 1.54) is 12.8 Å². The Morgan fingerprint density at radius 1 is 1.50 bits per heavy atom. The summed E-state index contributed by atoms with van der Waals surface area (Å²) >= 11 is 0. The summed E-state index contributed by atoms with van der Waals surface area (Å²) in [4.78, 5) is 2.29. The van der Waals surface area contributed by atoms with E-state index in [9.17, 15) is 0 Å². The first kappa shape index (κ1) is 4.77. The predicted molar refractivity (Wildman–Crippen MR) is 30.5 cm³/mol. The highest BCUT2D eigenvalue weighted by molar-refractivity contribution is 4.82. The summed E-state index contributed by atoms with van der Waals surface area (Å²) in [5, 5.41) is 0. The highest BCUT2D eigenvalue weighted by atomic mass is 16.5. The van der Waals surface area contributed by atoms with Crippen LogP contribution in [0.1, 0.15) is 12.8 Å². The molecule has 2 aliphatic rings. The molecule has 46 valence electrons. The van der Waals surface area contributed by atoms with Gasteiger partial charge in [-0.15, -0.1) is 0 Å². The summed E-state index contributed by atoms with van der Waals surface area (Å²) in [6.45, 7) is 1.16. The van der Waals surface area contributed by atoms with Gasteiger partial charge in [-0.25, -0.2) is 0 Å². The number of ether oxygens (including phenoxy) is 1. The number of nitrogens with zero attached hydrogens (tertiary/aromatic N) is 1. The van der Waals surface area contributed by atoms with Gasteiger partial charge in [0.25, 0.3) is 0 Å². The molecule has 0 aliphatic carbocycles. The summed E-state index contributed by atoms with van der Waals surface area (Å²) < 4.78 is 5.51. The van der Waals surface area contributed by atoms with Gasteiger partial charge in [-0.05, 0) is 19.9 Å². The summed E-state index contributed by atoms with van der Waals surface area (Å²) in [7, 11) is 2.13. The topological polar surface area (TPSA) is 12.5 Å². The zero-order valence-corrected chi connectivity index (χ0v) is 5.13. The average molecular weight is 113 g/mol. The van der Waals surface area contributed by atoms with Crippen molar-refractivity contribution in [2.45, 2.75) is 25.2 Å². The van der Waals surface area contributed by atoms with E-state index in [4.69, 9.17) is 4.74 Å². The van der Waals surface area contributed by atoms with E-state index in [-0.39, 0.29) is 0 Å². The van der Waals surface area contributed by atoms with Crippen LogP contribution in [-0.2, 0) is 4.74 Å². The van der Waals surface area contributed by atoms with E-state index in [0.29, 0.717) is 12.3 Å². The maximum atomic E-state index is 5.51. The Kier molecular flexibility index (Phi) is 0.866. The van der Waals surface area contributed by atoms with Crippen LogP contribution < -0.4 is 0 Å². The zero-order valence-electron chi connectivity index (χ0n) is 5.13. The normalized spacial score (nSPS) is 46.1. The summed E-state index contributed by atoms with van der Waals surface area (Å²) in [5.74, 6) is 0. The number of rotatable bonds is 0. The molecule has 0 spiro atoms. The minimum atomic E-state index is 0.472. The van der Waals surface area contributed by atoms with Crippen molar-refractivity contribution >= 4 is 0 Å². The van der Waals surface area contributed by atoms with Crippen LogP contribution in [0.15, 0.2) is 0 Å². The number of piperidine rings is 1. The van der Waals surface area contributed by atoms with Gasteiger partial charge in [0.1, 0.15) is 6.23 Å². The first-order valence-corrected chi connectivity index (χ1v) is 3.22. The Bertz CT molecular complexity index is 103. The van der Waals surface area contributed by atoms with Crippen molar-refractivity contribution in [1.29, 1.82) is 0 Å². The van der Waals surface area contributed by atoms with Crippen molar-refractivity contribution in [3.05, 3.63) is 0 Å². The van der Waals surface area contributed by atoms with Crippen molar-refractivity contribution in [2.24, 2.45) is 0 Å². The van der Waals surface area contributed by atoms with E-state index in [1.807, 2.05) is 0 Å². The maximum Gasteiger partial charge on any atom is 0.110 e. The molecule has 2 aliphatic heterocycles. The van der Waals surface area contributed by atoms with Crippen LogP contribution >= 0.6 is 0 Å². The minimum Gasteiger partial charge on any atom is -0.359 e. The van der Waals surface area contributed by atoms with E-state index in [2.05, 4.69) is 11.9 Å². The number of likely N-dealkylation sites (N-methyl/N-ethyl adjacent to an activating group) is 1. The molecule has 2 atom stereocenters. The lowest BCUT2D eigenvalue weighted by Crippen LogP contribution is -2.28. The summed E-state index contributed by atoms with van der Waals surface area (Å²) in [6, 6.07) is 0. The van der Waals surface area contributed by atoms with Crippen molar-refractivity contribution in [3.8, 4) is 0 Å². The van der Waals surface area contributed by atoms with Gasteiger partial charge in [0.15, 0.2) is 0 Å². The Hall–Kier alpha value is -0.0800. The summed E-state index contributed by atoms with van der Waals surface area (Å²) in [5.41, 5.74) is 0. The second-order valence-electron chi connectivity index (χ2n) is 2.73. The molecule has 2 heterocycles. The quantitative estimate of drug-likeness (QED) is 0.452. The van der Waals surface area contributed by atoms with E-state index < -0.39 is 0 Å². The molecule has 2 saturated heterocycles. The van der Waals surface area contributed by atoms with E-state index in [1.54, 1.807) is 0 Å². The Balaban J connectivity index is 2.11. The molecular formula is C6H11NO. The van der Waals surface area contributed by atoms with Crippen molar-refractivity contribution in [1.82, 2.24) is 4.90 Å². The molecule has 0 radical (unpaired) electrons.